The average Bonchev–Trinajstić information content (AvgIpc) is 2.62. The molecule has 5 nitrogen and oxygen atoms in total. The fraction of sp³-hybridized carbons (Fsp3) is 0.471. The minimum atomic E-state index is 0.776. The molecule has 0 bridgehead atoms. The molecule has 2 aromatic rings. The van der Waals surface area contributed by atoms with Gasteiger partial charge in [-0.3, -0.25) is 0 Å². The maximum atomic E-state index is 5.48. The summed E-state index contributed by atoms with van der Waals surface area (Å²) in [6, 6.07) is 10.7. The number of hydrogen-bond donors (Lipinski definition) is 0. The van der Waals surface area contributed by atoms with Gasteiger partial charge in [-0.05, 0) is 11.5 Å². The van der Waals surface area contributed by atoms with Crippen LogP contribution in [-0.2, 0) is 9.47 Å². The Hall–Kier alpha value is -1.85. The van der Waals surface area contributed by atoms with E-state index < -0.39 is 0 Å². The fourth-order valence-electron chi connectivity index (χ4n) is 3.14. The van der Waals surface area contributed by atoms with E-state index in [4.69, 9.17) is 14.5 Å². The molecular weight excluding hydrogens is 278 g/mol. The van der Waals surface area contributed by atoms with E-state index in [0.717, 1.165) is 64.2 Å². The Balaban J connectivity index is 1.78. The highest BCUT2D eigenvalue weighted by Gasteiger charge is 2.19. The van der Waals surface area contributed by atoms with Crippen molar-refractivity contribution in [1.82, 2.24) is 4.98 Å². The molecule has 0 N–H and O–H groups in total. The second kappa shape index (κ2) is 6.10. The third-order valence-electron chi connectivity index (χ3n) is 4.35. The summed E-state index contributed by atoms with van der Waals surface area (Å²) in [7, 11) is 0. The number of hydrogen-bond acceptors (Lipinski definition) is 5. The summed E-state index contributed by atoms with van der Waals surface area (Å²) in [4.78, 5) is 9.65. The van der Waals surface area contributed by atoms with Crippen LogP contribution in [-0.4, -0.2) is 57.6 Å². The number of pyridine rings is 1. The van der Waals surface area contributed by atoms with E-state index in [9.17, 15) is 0 Å². The van der Waals surface area contributed by atoms with Crippen LogP contribution in [0.1, 0.15) is 0 Å². The number of nitrogens with zero attached hydrogens (tertiary/aromatic N) is 3. The average molecular weight is 299 g/mol. The molecule has 0 aliphatic carbocycles. The predicted molar refractivity (Wildman–Crippen MR) is 87.8 cm³/mol. The molecule has 3 heterocycles. The SMILES string of the molecule is c1ccc2c(N3CCOCC3)nc(N3CCOCC3)cc2c1. The lowest BCUT2D eigenvalue weighted by Crippen LogP contribution is -2.39. The van der Waals surface area contributed by atoms with Gasteiger partial charge in [0, 0.05) is 31.6 Å². The molecule has 0 saturated carbocycles. The van der Waals surface area contributed by atoms with Gasteiger partial charge >= 0.3 is 0 Å². The number of fused-ring (bicyclic) bond motifs is 1. The second-order valence-electron chi connectivity index (χ2n) is 5.72. The number of morpholine rings is 2. The first-order valence-electron chi connectivity index (χ1n) is 7.97. The van der Waals surface area contributed by atoms with E-state index in [2.05, 4.69) is 40.1 Å². The molecular formula is C17H21N3O2. The number of benzene rings is 1. The smallest absolute Gasteiger partial charge is 0.139 e. The van der Waals surface area contributed by atoms with E-state index in [0.29, 0.717) is 0 Å². The maximum Gasteiger partial charge on any atom is 0.139 e. The van der Waals surface area contributed by atoms with E-state index in [-0.39, 0.29) is 0 Å². The Labute approximate surface area is 130 Å². The van der Waals surface area contributed by atoms with Crippen LogP contribution >= 0.6 is 0 Å². The lowest BCUT2D eigenvalue weighted by Gasteiger charge is -2.32. The molecule has 0 unspecified atom stereocenters. The Kier molecular flexibility index (Phi) is 3.83. The van der Waals surface area contributed by atoms with Crippen molar-refractivity contribution in [3.05, 3.63) is 30.3 Å². The summed E-state index contributed by atoms with van der Waals surface area (Å²) < 4.78 is 10.9. The molecule has 0 atom stereocenters. The molecule has 2 saturated heterocycles. The highest BCUT2D eigenvalue weighted by Crippen LogP contribution is 2.29. The molecule has 5 heteroatoms. The monoisotopic (exact) mass is 299 g/mol. The van der Waals surface area contributed by atoms with Crippen molar-refractivity contribution < 1.29 is 9.47 Å². The summed E-state index contributed by atoms with van der Waals surface area (Å²) >= 11 is 0. The van der Waals surface area contributed by atoms with Gasteiger partial charge in [-0.25, -0.2) is 4.98 Å². The minimum Gasteiger partial charge on any atom is -0.378 e. The molecule has 0 amide bonds. The normalized spacial score (nSPS) is 19.6. The molecule has 116 valence electrons. The van der Waals surface area contributed by atoms with E-state index in [1.807, 2.05) is 0 Å². The van der Waals surface area contributed by atoms with Crippen molar-refractivity contribution >= 4 is 22.4 Å². The van der Waals surface area contributed by atoms with Crippen LogP contribution in [0.15, 0.2) is 30.3 Å². The predicted octanol–water partition coefficient (Wildman–Crippen LogP) is 1.91. The van der Waals surface area contributed by atoms with Crippen molar-refractivity contribution in [1.29, 1.82) is 0 Å². The van der Waals surface area contributed by atoms with Gasteiger partial charge in [0.05, 0.1) is 26.4 Å². The highest BCUT2D eigenvalue weighted by molar-refractivity contribution is 5.94. The van der Waals surface area contributed by atoms with Crippen LogP contribution in [0.5, 0.6) is 0 Å². The summed E-state index contributed by atoms with van der Waals surface area (Å²) in [6.45, 7) is 6.74. The van der Waals surface area contributed by atoms with Gasteiger partial charge in [-0.1, -0.05) is 24.3 Å². The zero-order chi connectivity index (χ0) is 14.8. The minimum absolute atomic E-state index is 0.776. The van der Waals surface area contributed by atoms with E-state index >= 15 is 0 Å². The van der Waals surface area contributed by atoms with Crippen molar-refractivity contribution in [2.75, 3.05) is 62.4 Å². The zero-order valence-electron chi connectivity index (χ0n) is 12.7. The Morgan fingerprint density at radius 1 is 0.818 bits per heavy atom. The van der Waals surface area contributed by atoms with Gasteiger partial charge in [0.1, 0.15) is 11.6 Å². The number of anilines is 2. The van der Waals surface area contributed by atoms with Crippen LogP contribution in [0.2, 0.25) is 0 Å². The van der Waals surface area contributed by atoms with Gasteiger partial charge in [0.15, 0.2) is 0 Å². The molecule has 2 fully saturated rings. The summed E-state index contributed by atoms with van der Waals surface area (Å²) in [5.41, 5.74) is 0. The molecule has 0 radical (unpaired) electrons. The topological polar surface area (TPSA) is 37.8 Å². The Morgan fingerprint density at radius 2 is 1.45 bits per heavy atom. The van der Waals surface area contributed by atoms with Gasteiger partial charge in [0.25, 0.3) is 0 Å². The summed E-state index contributed by atoms with van der Waals surface area (Å²) in [5, 5.41) is 2.47. The zero-order valence-corrected chi connectivity index (χ0v) is 12.7. The van der Waals surface area contributed by atoms with Crippen LogP contribution in [0.25, 0.3) is 10.8 Å². The lowest BCUT2D eigenvalue weighted by molar-refractivity contribution is 0.121. The Morgan fingerprint density at radius 3 is 2.18 bits per heavy atom. The third-order valence-corrected chi connectivity index (χ3v) is 4.35. The molecule has 2 aliphatic heterocycles. The summed E-state index contributed by atoms with van der Waals surface area (Å²) in [6.07, 6.45) is 0. The lowest BCUT2D eigenvalue weighted by atomic mass is 10.1. The molecule has 2 aliphatic rings. The Bertz CT molecular complexity index is 649. The van der Waals surface area contributed by atoms with E-state index in [1.54, 1.807) is 0 Å². The van der Waals surface area contributed by atoms with Crippen molar-refractivity contribution in [2.24, 2.45) is 0 Å². The van der Waals surface area contributed by atoms with Crippen molar-refractivity contribution in [3.63, 3.8) is 0 Å². The van der Waals surface area contributed by atoms with Crippen LogP contribution in [0.4, 0.5) is 11.6 Å². The van der Waals surface area contributed by atoms with E-state index in [1.165, 1.54) is 10.8 Å². The van der Waals surface area contributed by atoms with Crippen molar-refractivity contribution in [3.8, 4) is 0 Å². The first kappa shape index (κ1) is 13.8. The molecule has 0 spiro atoms. The van der Waals surface area contributed by atoms with Gasteiger partial charge in [-0.15, -0.1) is 0 Å². The standard InChI is InChI=1S/C17H21N3O2/c1-2-4-15-14(3-1)13-16(19-5-9-21-10-6-19)18-17(15)20-7-11-22-12-8-20/h1-4,13H,5-12H2. The first-order valence-corrected chi connectivity index (χ1v) is 7.97. The number of aromatic nitrogens is 1. The van der Waals surface area contributed by atoms with Crippen molar-refractivity contribution in [2.45, 2.75) is 0 Å². The molecule has 4 rings (SSSR count). The van der Waals surface area contributed by atoms with Crippen LogP contribution in [0.3, 0.4) is 0 Å². The van der Waals surface area contributed by atoms with Crippen LogP contribution < -0.4 is 9.80 Å². The quantitative estimate of drug-likeness (QED) is 0.847. The second-order valence-corrected chi connectivity index (χ2v) is 5.72. The van der Waals surface area contributed by atoms with Gasteiger partial charge in [-0.2, -0.15) is 0 Å². The fourth-order valence-corrected chi connectivity index (χ4v) is 3.14. The summed E-state index contributed by atoms with van der Waals surface area (Å²) in [5.74, 6) is 2.14. The molecule has 1 aromatic heterocycles. The third kappa shape index (κ3) is 2.62. The van der Waals surface area contributed by atoms with Gasteiger partial charge in [0.2, 0.25) is 0 Å². The largest absolute Gasteiger partial charge is 0.378 e. The maximum absolute atomic E-state index is 5.48. The first-order chi connectivity index (χ1) is 10.9. The number of ether oxygens (including phenoxy) is 2. The van der Waals surface area contributed by atoms with Crippen LogP contribution in [0, 0.1) is 0 Å². The number of rotatable bonds is 2. The highest BCUT2D eigenvalue weighted by atomic mass is 16.5. The molecule has 22 heavy (non-hydrogen) atoms. The van der Waals surface area contributed by atoms with Gasteiger partial charge < -0.3 is 19.3 Å². The molecule has 1 aromatic carbocycles.